The average Bonchev–Trinajstić information content (AvgIpc) is 2.32. The van der Waals surface area contributed by atoms with Crippen molar-refractivity contribution in [1.29, 1.82) is 0 Å². The predicted molar refractivity (Wildman–Crippen MR) is 48.6 cm³/mol. The maximum absolute atomic E-state index is 10.9. The fraction of sp³-hybridized carbons (Fsp3) is 0.500. The van der Waals surface area contributed by atoms with Gasteiger partial charge in [-0.3, -0.25) is 9.48 Å². The van der Waals surface area contributed by atoms with E-state index in [1.807, 2.05) is 22.6 Å². The molecule has 0 N–H and O–H groups in total. The van der Waals surface area contributed by atoms with Crippen molar-refractivity contribution in [3.8, 4) is 0 Å². The quantitative estimate of drug-likeness (QED) is 0.648. The van der Waals surface area contributed by atoms with Crippen LogP contribution in [0.2, 0.25) is 0 Å². The molecule has 0 unspecified atom stereocenters. The summed E-state index contributed by atoms with van der Waals surface area (Å²) in [6, 6.07) is 0.517. The van der Waals surface area contributed by atoms with Crippen molar-refractivity contribution in [2.75, 3.05) is 11.5 Å². The number of aromatic nitrogens is 2. The molecule has 2 heterocycles. The third-order valence-corrected chi connectivity index (χ3v) is 3.24. The molecule has 64 valence electrons. The van der Waals surface area contributed by atoms with Crippen LogP contribution in [0, 0.1) is 0 Å². The topological polar surface area (TPSA) is 34.9 Å². The van der Waals surface area contributed by atoms with Crippen LogP contribution in [0.25, 0.3) is 0 Å². The molecule has 0 saturated carbocycles. The summed E-state index contributed by atoms with van der Waals surface area (Å²) < 4.78 is 1.90. The molecule has 1 aliphatic rings. The van der Waals surface area contributed by atoms with Crippen molar-refractivity contribution in [3.05, 3.63) is 18.0 Å². The Morgan fingerprint density at radius 2 is 2.50 bits per heavy atom. The Morgan fingerprint density at radius 1 is 1.75 bits per heavy atom. The van der Waals surface area contributed by atoms with E-state index < -0.39 is 0 Å². The summed E-state index contributed by atoms with van der Waals surface area (Å²) in [6.45, 7) is 1.57. The molecule has 2 rings (SSSR count). The molecule has 4 heteroatoms. The Labute approximate surface area is 75.1 Å². The molecule has 0 aromatic carbocycles. The van der Waals surface area contributed by atoms with E-state index in [1.54, 1.807) is 13.1 Å². The van der Waals surface area contributed by atoms with E-state index in [4.69, 9.17) is 0 Å². The van der Waals surface area contributed by atoms with Gasteiger partial charge in [0.05, 0.1) is 17.8 Å². The van der Waals surface area contributed by atoms with Crippen LogP contribution in [0.3, 0.4) is 0 Å². The zero-order valence-electron chi connectivity index (χ0n) is 6.86. The molecule has 12 heavy (non-hydrogen) atoms. The highest BCUT2D eigenvalue weighted by molar-refractivity contribution is 8.00. The number of nitrogens with zero attached hydrogens (tertiary/aromatic N) is 2. The van der Waals surface area contributed by atoms with E-state index in [0.717, 1.165) is 11.5 Å². The van der Waals surface area contributed by atoms with Crippen LogP contribution in [0.15, 0.2) is 12.4 Å². The number of hydrogen-bond acceptors (Lipinski definition) is 3. The first-order valence-corrected chi connectivity index (χ1v) is 5.05. The summed E-state index contributed by atoms with van der Waals surface area (Å²) in [5.41, 5.74) is 0.715. The Morgan fingerprint density at radius 3 is 2.92 bits per heavy atom. The second-order valence-corrected chi connectivity index (χ2v) is 4.03. The molecule has 0 aliphatic carbocycles. The average molecular weight is 182 g/mol. The van der Waals surface area contributed by atoms with E-state index in [0.29, 0.717) is 11.6 Å². The van der Waals surface area contributed by atoms with Gasteiger partial charge >= 0.3 is 0 Å². The molecule has 1 aromatic heterocycles. The minimum Gasteiger partial charge on any atom is -0.294 e. The maximum atomic E-state index is 10.9. The first-order valence-electron chi connectivity index (χ1n) is 3.90. The van der Waals surface area contributed by atoms with E-state index in [9.17, 15) is 4.79 Å². The molecule has 0 radical (unpaired) electrons. The van der Waals surface area contributed by atoms with Crippen LogP contribution in [0.1, 0.15) is 23.3 Å². The number of hydrogen-bond donors (Lipinski definition) is 0. The summed E-state index contributed by atoms with van der Waals surface area (Å²) in [5.74, 6) is 2.34. The van der Waals surface area contributed by atoms with Gasteiger partial charge in [0.25, 0.3) is 0 Å². The molecule has 0 bridgehead atoms. The van der Waals surface area contributed by atoms with Crippen LogP contribution in [0.4, 0.5) is 0 Å². The van der Waals surface area contributed by atoms with E-state index >= 15 is 0 Å². The number of thioether (sulfide) groups is 1. The van der Waals surface area contributed by atoms with Crippen LogP contribution in [-0.2, 0) is 0 Å². The number of carbonyl (C=O) groups excluding carboxylic acids is 1. The summed E-state index contributed by atoms with van der Waals surface area (Å²) in [5, 5.41) is 4.14. The Kier molecular flexibility index (Phi) is 1.92. The largest absolute Gasteiger partial charge is 0.294 e. The first kappa shape index (κ1) is 7.86. The molecule has 0 spiro atoms. The Hall–Kier alpha value is -0.770. The van der Waals surface area contributed by atoms with Gasteiger partial charge < -0.3 is 0 Å². The normalized spacial score (nSPS) is 17.4. The van der Waals surface area contributed by atoms with Gasteiger partial charge in [-0.1, -0.05) is 0 Å². The van der Waals surface area contributed by atoms with Gasteiger partial charge in [0, 0.05) is 17.7 Å². The Balaban J connectivity index is 2.17. The zero-order chi connectivity index (χ0) is 8.55. The summed E-state index contributed by atoms with van der Waals surface area (Å²) in [4.78, 5) is 10.9. The molecule has 1 fully saturated rings. The third kappa shape index (κ3) is 1.27. The lowest BCUT2D eigenvalue weighted by atomic mass is 10.3. The smallest absolute Gasteiger partial charge is 0.162 e. The SMILES string of the molecule is CC(=O)c1cnn(C2CSC2)c1. The second kappa shape index (κ2) is 2.94. The van der Waals surface area contributed by atoms with E-state index in [1.165, 1.54) is 0 Å². The van der Waals surface area contributed by atoms with Gasteiger partial charge in [0.2, 0.25) is 0 Å². The molecule has 0 atom stereocenters. The van der Waals surface area contributed by atoms with Gasteiger partial charge in [0.15, 0.2) is 5.78 Å². The monoisotopic (exact) mass is 182 g/mol. The minimum atomic E-state index is 0.0910. The molecule has 3 nitrogen and oxygen atoms in total. The lowest BCUT2D eigenvalue weighted by molar-refractivity contribution is 0.101. The Bertz CT molecular complexity index is 304. The highest BCUT2D eigenvalue weighted by atomic mass is 32.2. The lowest BCUT2D eigenvalue weighted by Gasteiger charge is -2.24. The number of carbonyl (C=O) groups is 1. The van der Waals surface area contributed by atoms with Crippen molar-refractivity contribution in [3.63, 3.8) is 0 Å². The first-order chi connectivity index (χ1) is 5.77. The van der Waals surface area contributed by atoms with Crippen LogP contribution in [0.5, 0.6) is 0 Å². The van der Waals surface area contributed by atoms with Gasteiger partial charge in [0.1, 0.15) is 0 Å². The van der Waals surface area contributed by atoms with Crippen molar-refractivity contribution in [1.82, 2.24) is 9.78 Å². The van der Waals surface area contributed by atoms with Crippen LogP contribution in [-0.4, -0.2) is 27.1 Å². The van der Waals surface area contributed by atoms with Crippen molar-refractivity contribution in [2.45, 2.75) is 13.0 Å². The minimum absolute atomic E-state index is 0.0910. The molecule has 1 aromatic rings. The highest BCUT2D eigenvalue weighted by Gasteiger charge is 2.20. The van der Waals surface area contributed by atoms with Gasteiger partial charge in [-0.2, -0.15) is 16.9 Å². The fourth-order valence-electron chi connectivity index (χ4n) is 1.10. The molecule has 0 amide bonds. The van der Waals surface area contributed by atoms with Gasteiger partial charge in [-0.05, 0) is 6.92 Å². The molecular weight excluding hydrogens is 172 g/mol. The zero-order valence-corrected chi connectivity index (χ0v) is 7.67. The van der Waals surface area contributed by atoms with Crippen molar-refractivity contribution < 1.29 is 4.79 Å². The van der Waals surface area contributed by atoms with Crippen molar-refractivity contribution >= 4 is 17.5 Å². The second-order valence-electron chi connectivity index (χ2n) is 2.96. The fourth-order valence-corrected chi connectivity index (χ4v) is 1.85. The number of rotatable bonds is 2. The molecular formula is C8H10N2OS. The summed E-state index contributed by atoms with van der Waals surface area (Å²) in [6.07, 6.45) is 3.48. The predicted octanol–water partition coefficient (Wildman–Crippen LogP) is 1.37. The summed E-state index contributed by atoms with van der Waals surface area (Å²) in [7, 11) is 0. The molecule has 1 aliphatic heterocycles. The van der Waals surface area contributed by atoms with E-state index in [-0.39, 0.29) is 5.78 Å². The van der Waals surface area contributed by atoms with E-state index in [2.05, 4.69) is 5.10 Å². The number of ketones is 1. The standard InChI is InChI=1S/C8H10N2OS/c1-6(11)7-2-9-10(3-7)8-4-12-5-8/h2-3,8H,4-5H2,1H3. The highest BCUT2D eigenvalue weighted by Crippen LogP contribution is 2.28. The summed E-state index contributed by atoms with van der Waals surface area (Å²) >= 11 is 1.91. The third-order valence-electron chi connectivity index (χ3n) is 2.00. The molecule has 1 saturated heterocycles. The lowest BCUT2D eigenvalue weighted by Crippen LogP contribution is -2.23. The van der Waals surface area contributed by atoms with Crippen LogP contribution >= 0.6 is 11.8 Å². The van der Waals surface area contributed by atoms with Crippen molar-refractivity contribution in [2.24, 2.45) is 0 Å². The number of Topliss-reactive ketones (excluding diaryl/α,β-unsaturated/α-hetero) is 1. The van der Waals surface area contributed by atoms with Gasteiger partial charge in [-0.25, -0.2) is 0 Å². The maximum Gasteiger partial charge on any atom is 0.162 e. The van der Waals surface area contributed by atoms with Crippen LogP contribution < -0.4 is 0 Å². The van der Waals surface area contributed by atoms with Gasteiger partial charge in [-0.15, -0.1) is 0 Å².